The molecule has 0 saturated heterocycles. The average Bonchev–Trinajstić information content (AvgIpc) is 2.93. The predicted molar refractivity (Wildman–Crippen MR) is 70.4 cm³/mol. The Kier molecular flexibility index (Phi) is 4.70. The van der Waals surface area contributed by atoms with Crippen LogP contribution in [0.4, 0.5) is 0 Å². The molecule has 0 fully saturated rings. The lowest BCUT2D eigenvalue weighted by Gasteiger charge is -2.04. The van der Waals surface area contributed by atoms with Gasteiger partial charge in [-0.15, -0.1) is 0 Å². The minimum absolute atomic E-state index is 0.168. The Bertz CT molecular complexity index is 580. The molecule has 0 saturated carbocycles. The molecule has 2 rings (SSSR count). The molecule has 1 aromatic carbocycles. The number of hydrogen-bond acceptors (Lipinski definition) is 6. The van der Waals surface area contributed by atoms with E-state index >= 15 is 0 Å². The van der Waals surface area contributed by atoms with Crippen LogP contribution < -0.4 is 4.74 Å². The summed E-state index contributed by atoms with van der Waals surface area (Å²) in [5.74, 6) is 1.23. The maximum atomic E-state index is 11.4. The number of methoxy groups -OCH3 is 1. The molecule has 0 spiro atoms. The molecular formula is C14H16N2O4. The molecule has 2 aromatic rings. The third-order valence-electron chi connectivity index (χ3n) is 2.60. The van der Waals surface area contributed by atoms with Crippen LogP contribution in [-0.2, 0) is 17.8 Å². The van der Waals surface area contributed by atoms with Crippen LogP contribution in [0.1, 0.15) is 35.4 Å². The minimum atomic E-state index is -0.404. The lowest BCUT2D eigenvalue weighted by molar-refractivity contribution is 0.0600. The Balaban J connectivity index is 1.97. The molecule has 6 nitrogen and oxygen atoms in total. The average molecular weight is 276 g/mol. The van der Waals surface area contributed by atoms with Gasteiger partial charge in [0.2, 0.25) is 0 Å². The number of benzene rings is 1. The zero-order valence-corrected chi connectivity index (χ0v) is 11.5. The van der Waals surface area contributed by atoms with E-state index in [9.17, 15) is 4.79 Å². The summed E-state index contributed by atoms with van der Waals surface area (Å²) in [4.78, 5) is 15.6. The van der Waals surface area contributed by atoms with Crippen molar-refractivity contribution in [3.63, 3.8) is 0 Å². The molecule has 0 aliphatic heterocycles. The Labute approximate surface area is 116 Å². The highest BCUT2D eigenvalue weighted by atomic mass is 16.5. The number of carbonyl (C=O) groups excluding carboxylic acids is 1. The van der Waals surface area contributed by atoms with E-state index in [4.69, 9.17) is 9.26 Å². The van der Waals surface area contributed by atoms with Crippen LogP contribution in [0.3, 0.4) is 0 Å². The summed E-state index contributed by atoms with van der Waals surface area (Å²) in [5.41, 5.74) is 0.433. The van der Waals surface area contributed by atoms with Crippen molar-refractivity contribution in [3.8, 4) is 5.75 Å². The van der Waals surface area contributed by atoms with Gasteiger partial charge in [-0.1, -0.05) is 18.1 Å². The topological polar surface area (TPSA) is 74.5 Å². The standard InChI is InChI=1S/C14H16N2O4/c1-3-5-12-15-13(20-16-12)9-19-11-7-4-6-10(8-11)14(17)18-2/h4,6-8H,3,5,9H2,1-2H3. The third-order valence-corrected chi connectivity index (χ3v) is 2.60. The molecule has 0 N–H and O–H groups in total. The van der Waals surface area contributed by atoms with Crippen molar-refractivity contribution in [1.29, 1.82) is 0 Å². The second kappa shape index (κ2) is 6.70. The van der Waals surface area contributed by atoms with Crippen molar-refractivity contribution >= 4 is 5.97 Å². The normalized spacial score (nSPS) is 10.3. The Hall–Kier alpha value is -2.37. The first-order valence-electron chi connectivity index (χ1n) is 6.35. The van der Waals surface area contributed by atoms with Crippen molar-refractivity contribution in [2.24, 2.45) is 0 Å². The van der Waals surface area contributed by atoms with Crippen molar-refractivity contribution in [2.45, 2.75) is 26.4 Å². The van der Waals surface area contributed by atoms with Gasteiger partial charge in [0.05, 0.1) is 12.7 Å². The summed E-state index contributed by atoms with van der Waals surface area (Å²) in [7, 11) is 1.34. The number of rotatable bonds is 6. The summed E-state index contributed by atoms with van der Waals surface area (Å²) in [6.45, 7) is 2.21. The van der Waals surface area contributed by atoms with Crippen LogP contribution in [0.2, 0.25) is 0 Å². The fourth-order valence-corrected chi connectivity index (χ4v) is 1.65. The van der Waals surface area contributed by atoms with E-state index < -0.39 is 5.97 Å². The summed E-state index contributed by atoms with van der Waals surface area (Å²) in [6, 6.07) is 6.73. The highest BCUT2D eigenvalue weighted by Gasteiger charge is 2.09. The van der Waals surface area contributed by atoms with E-state index in [2.05, 4.69) is 14.9 Å². The largest absolute Gasteiger partial charge is 0.484 e. The monoisotopic (exact) mass is 276 g/mol. The number of aromatic nitrogens is 2. The van der Waals surface area contributed by atoms with Crippen molar-refractivity contribution in [1.82, 2.24) is 10.1 Å². The molecule has 106 valence electrons. The van der Waals surface area contributed by atoms with Crippen LogP contribution >= 0.6 is 0 Å². The van der Waals surface area contributed by atoms with Gasteiger partial charge in [0.25, 0.3) is 5.89 Å². The van der Waals surface area contributed by atoms with Crippen LogP contribution in [0.25, 0.3) is 0 Å². The minimum Gasteiger partial charge on any atom is -0.484 e. The summed E-state index contributed by atoms with van der Waals surface area (Å²) in [5, 5.41) is 3.84. The molecule has 0 atom stereocenters. The van der Waals surface area contributed by atoms with E-state index in [1.807, 2.05) is 6.92 Å². The third kappa shape index (κ3) is 3.57. The smallest absolute Gasteiger partial charge is 0.337 e. The van der Waals surface area contributed by atoms with Gasteiger partial charge in [-0.3, -0.25) is 0 Å². The molecular weight excluding hydrogens is 260 g/mol. The Morgan fingerprint density at radius 2 is 2.25 bits per heavy atom. The van der Waals surface area contributed by atoms with Crippen molar-refractivity contribution in [2.75, 3.05) is 7.11 Å². The summed E-state index contributed by atoms with van der Waals surface area (Å²) < 4.78 is 15.2. The fraction of sp³-hybridized carbons (Fsp3) is 0.357. The number of nitrogens with zero attached hydrogens (tertiary/aromatic N) is 2. The molecule has 6 heteroatoms. The van der Waals surface area contributed by atoms with E-state index in [1.165, 1.54) is 7.11 Å². The number of esters is 1. The molecule has 0 amide bonds. The van der Waals surface area contributed by atoms with Crippen molar-refractivity contribution in [3.05, 3.63) is 41.5 Å². The summed E-state index contributed by atoms with van der Waals surface area (Å²) in [6.07, 6.45) is 1.74. The molecule has 1 aromatic heterocycles. The van der Waals surface area contributed by atoms with Crippen LogP contribution in [0.15, 0.2) is 28.8 Å². The van der Waals surface area contributed by atoms with Gasteiger partial charge in [-0.25, -0.2) is 4.79 Å². The Morgan fingerprint density at radius 3 is 3.00 bits per heavy atom. The number of aryl methyl sites for hydroxylation is 1. The SMILES string of the molecule is CCCc1noc(COc2cccc(C(=O)OC)c2)n1. The fourth-order valence-electron chi connectivity index (χ4n) is 1.65. The van der Waals surface area contributed by atoms with Gasteiger partial charge < -0.3 is 14.0 Å². The van der Waals surface area contributed by atoms with Crippen LogP contribution in [0.5, 0.6) is 5.75 Å². The maximum absolute atomic E-state index is 11.4. The molecule has 20 heavy (non-hydrogen) atoms. The Morgan fingerprint density at radius 1 is 1.40 bits per heavy atom. The van der Waals surface area contributed by atoms with Crippen LogP contribution in [-0.4, -0.2) is 23.2 Å². The molecule has 0 bridgehead atoms. The lowest BCUT2D eigenvalue weighted by atomic mass is 10.2. The second-order valence-corrected chi connectivity index (χ2v) is 4.16. The molecule has 0 unspecified atom stereocenters. The van der Waals surface area contributed by atoms with Crippen molar-refractivity contribution < 1.29 is 18.8 Å². The first-order valence-corrected chi connectivity index (χ1v) is 6.35. The van der Waals surface area contributed by atoms with Gasteiger partial charge in [-0.05, 0) is 24.6 Å². The van der Waals surface area contributed by atoms with Crippen LogP contribution in [0, 0.1) is 0 Å². The molecule has 1 heterocycles. The molecule has 0 aliphatic rings. The molecule has 0 aliphatic carbocycles. The van der Waals surface area contributed by atoms with E-state index in [-0.39, 0.29) is 6.61 Å². The van der Waals surface area contributed by atoms with Gasteiger partial charge in [0, 0.05) is 6.42 Å². The summed E-state index contributed by atoms with van der Waals surface area (Å²) >= 11 is 0. The van der Waals surface area contributed by atoms with Gasteiger partial charge >= 0.3 is 5.97 Å². The highest BCUT2D eigenvalue weighted by molar-refractivity contribution is 5.89. The second-order valence-electron chi connectivity index (χ2n) is 4.16. The quantitative estimate of drug-likeness (QED) is 0.754. The van der Waals surface area contributed by atoms with Gasteiger partial charge in [0.1, 0.15) is 5.75 Å². The van der Waals surface area contributed by atoms with Gasteiger partial charge in [-0.2, -0.15) is 4.98 Å². The van der Waals surface area contributed by atoms with E-state index in [1.54, 1.807) is 24.3 Å². The first-order chi connectivity index (χ1) is 9.72. The van der Waals surface area contributed by atoms with Gasteiger partial charge in [0.15, 0.2) is 12.4 Å². The zero-order chi connectivity index (χ0) is 14.4. The highest BCUT2D eigenvalue weighted by Crippen LogP contribution is 2.15. The number of ether oxygens (including phenoxy) is 2. The maximum Gasteiger partial charge on any atom is 0.337 e. The lowest BCUT2D eigenvalue weighted by Crippen LogP contribution is -2.02. The number of carbonyl (C=O) groups is 1. The predicted octanol–water partition coefficient (Wildman–Crippen LogP) is 2.39. The zero-order valence-electron chi connectivity index (χ0n) is 11.5. The number of hydrogen-bond donors (Lipinski definition) is 0. The van der Waals surface area contributed by atoms with E-state index in [0.29, 0.717) is 23.0 Å². The first kappa shape index (κ1) is 14.0. The van der Waals surface area contributed by atoms with E-state index in [0.717, 1.165) is 12.8 Å². The molecule has 0 radical (unpaired) electrons.